The van der Waals surface area contributed by atoms with Crippen LogP contribution in [-0.4, -0.2) is 12.5 Å². The van der Waals surface area contributed by atoms with Crippen molar-refractivity contribution in [2.45, 2.75) is 32.7 Å². The molecule has 1 amide bonds. The normalized spacial score (nSPS) is 12.2. The van der Waals surface area contributed by atoms with Gasteiger partial charge in [-0.05, 0) is 42.2 Å². The molecule has 0 aromatic heterocycles. The largest absolute Gasteiger partial charge is 0.325 e. The minimum absolute atomic E-state index is 0.0262. The van der Waals surface area contributed by atoms with Gasteiger partial charge >= 0.3 is 0 Å². The molecule has 0 aliphatic carbocycles. The Balaban J connectivity index is 1.91. The van der Waals surface area contributed by atoms with Gasteiger partial charge in [-0.15, -0.1) is 0 Å². The molecule has 0 radical (unpaired) electrons. The molecule has 2 aromatic rings. The van der Waals surface area contributed by atoms with E-state index in [1.165, 1.54) is 12.1 Å². The van der Waals surface area contributed by atoms with Gasteiger partial charge in [-0.2, -0.15) is 0 Å². The molecule has 4 heteroatoms. The molecule has 23 heavy (non-hydrogen) atoms. The Morgan fingerprint density at radius 1 is 1.04 bits per heavy atom. The highest BCUT2D eigenvalue weighted by molar-refractivity contribution is 5.93. The molecule has 0 unspecified atom stereocenters. The number of rotatable bonds is 6. The number of para-hydroxylation sites is 1. The summed E-state index contributed by atoms with van der Waals surface area (Å²) in [6.07, 6.45) is 0. The van der Waals surface area contributed by atoms with E-state index in [4.69, 9.17) is 0 Å². The number of nitrogens with one attached hydrogen (secondary N) is 2. The smallest absolute Gasteiger partial charge is 0.238 e. The van der Waals surface area contributed by atoms with Crippen molar-refractivity contribution in [2.75, 3.05) is 11.9 Å². The van der Waals surface area contributed by atoms with Gasteiger partial charge in [0.15, 0.2) is 0 Å². The Morgan fingerprint density at radius 2 is 1.70 bits per heavy atom. The number of carbonyl (C=O) groups is 1. The van der Waals surface area contributed by atoms with Crippen LogP contribution in [0, 0.1) is 5.82 Å². The monoisotopic (exact) mass is 314 g/mol. The van der Waals surface area contributed by atoms with Crippen LogP contribution in [0.3, 0.4) is 0 Å². The summed E-state index contributed by atoms with van der Waals surface area (Å²) < 4.78 is 12.9. The zero-order valence-electron chi connectivity index (χ0n) is 13.8. The van der Waals surface area contributed by atoms with Gasteiger partial charge in [-0.3, -0.25) is 4.79 Å². The first-order valence-corrected chi connectivity index (χ1v) is 7.85. The molecule has 2 N–H and O–H groups in total. The van der Waals surface area contributed by atoms with E-state index in [1.54, 1.807) is 12.1 Å². The van der Waals surface area contributed by atoms with Gasteiger partial charge in [-0.25, -0.2) is 4.39 Å². The van der Waals surface area contributed by atoms with Crippen LogP contribution in [0.25, 0.3) is 0 Å². The van der Waals surface area contributed by atoms with Crippen LogP contribution in [0.2, 0.25) is 0 Å². The first-order chi connectivity index (χ1) is 11.0. The van der Waals surface area contributed by atoms with Crippen LogP contribution in [0.5, 0.6) is 0 Å². The van der Waals surface area contributed by atoms with E-state index in [-0.39, 0.29) is 24.3 Å². The molecule has 2 aromatic carbocycles. The molecule has 0 saturated heterocycles. The van der Waals surface area contributed by atoms with E-state index in [1.807, 2.05) is 31.2 Å². The minimum Gasteiger partial charge on any atom is -0.325 e. The number of halogens is 1. The number of carbonyl (C=O) groups excluding carboxylic acids is 1. The standard InChI is InChI=1S/C19H23FN2O/c1-13(2)17-6-4-5-7-18(17)22-19(23)12-21-14(3)15-8-10-16(20)11-9-15/h4-11,13-14,21H,12H2,1-3H3,(H,22,23)/t14-/m0/s1. The number of anilines is 1. The first kappa shape index (κ1) is 17.2. The highest BCUT2D eigenvalue weighted by Gasteiger charge is 2.11. The lowest BCUT2D eigenvalue weighted by Gasteiger charge is -2.16. The molecule has 0 spiro atoms. The van der Waals surface area contributed by atoms with E-state index >= 15 is 0 Å². The van der Waals surface area contributed by atoms with Crippen molar-refractivity contribution in [2.24, 2.45) is 0 Å². The number of hydrogen-bond donors (Lipinski definition) is 2. The molecule has 0 fully saturated rings. The molecule has 0 bridgehead atoms. The van der Waals surface area contributed by atoms with Gasteiger partial charge in [0.2, 0.25) is 5.91 Å². The zero-order chi connectivity index (χ0) is 16.8. The quantitative estimate of drug-likeness (QED) is 0.837. The Kier molecular flexibility index (Phi) is 5.88. The van der Waals surface area contributed by atoms with Crippen molar-refractivity contribution in [3.05, 3.63) is 65.5 Å². The van der Waals surface area contributed by atoms with Gasteiger partial charge in [0.25, 0.3) is 0 Å². The second kappa shape index (κ2) is 7.88. The van der Waals surface area contributed by atoms with Crippen molar-refractivity contribution >= 4 is 11.6 Å². The molecule has 122 valence electrons. The van der Waals surface area contributed by atoms with Crippen LogP contribution < -0.4 is 10.6 Å². The third kappa shape index (κ3) is 4.89. The molecule has 0 saturated carbocycles. The fourth-order valence-electron chi connectivity index (χ4n) is 2.42. The maximum Gasteiger partial charge on any atom is 0.238 e. The topological polar surface area (TPSA) is 41.1 Å². The Hall–Kier alpha value is -2.20. The van der Waals surface area contributed by atoms with Gasteiger partial charge in [-0.1, -0.05) is 44.2 Å². The van der Waals surface area contributed by atoms with E-state index in [0.717, 1.165) is 16.8 Å². The lowest BCUT2D eigenvalue weighted by Crippen LogP contribution is -2.30. The maximum atomic E-state index is 12.9. The van der Waals surface area contributed by atoms with E-state index < -0.39 is 0 Å². The summed E-state index contributed by atoms with van der Waals surface area (Å²) in [5.41, 5.74) is 2.91. The van der Waals surface area contributed by atoms with Crippen LogP contribution in [-0.2, 0) is 4.79 Å². The van der Waals surface area contributed by atoms with Crippen LogP contribution in [0.4, 0.5) is 10.1 Å². The maximum absolute atomic E-state index is 12.9. The number of amides is 1. The molecule has 1 atom stereocenters. The van der Waals surface area contributed by atoms with Crippen molar-refractivity contribution < 1.29 is 9.18 Å². The SMILES string of the molecule is CC(C)c1ccccc1NC(=O)CN[C@@H](C)c1ccc(F)cc1. The highest BCUT2D eigenvalue weighted by Crippen LogP contribution is 2.23. The van der Waals surface area contributed by atoms with Gasteiger partial charge < -0.3 is 10.6 Å². The third-order valence-corrected chi connectivity index (χ3v) is 3.80. The summed E-state index contributed by atoms with van der Waals surface area (Å²) >= 11 is 0. The molecule has 2 rings (SSSR count). The predicted molar refractivity (Wildman–Crippen MR) is 92.0 cm³/mol. The fourth-order valence-corrected chi connectivity index (χ4v) is 2.42. The van der Waals surface area contributed by atoms with Crippen LogP contribution >= 0.6 is 0 Å². The Bertz CT molecular complexity index is 653. The molecular formula is C19H23FN2O. The summed E-state index contributed by atoms with van der Waals surface area (Å²) in [4.78, 5) is 12.1. The average molecular weight is 314 g/mol. The molecule has 3 nitrogen and oxygen atoms in total. The second-order valence-corrected chi connectivity index (χ2v) is 5.94. The van der Waals surface area contributed by atoms with E-state index in [9.17, 15) is 9.18 Å². The highest BCUT2D eigenvalue weighted by atomic mass is 19.1. The van der Waals surface area contributed by atoms with Crippen LogP contribution in [0.1, 0.15) is 43.9 Å². The number of benzene rings is 2. The summed E-state index contributed by atoms with van der Waals surface area (Å²) in [6.45, 7) is 6.34. The molecule has 0 aliphatic heterocycles. The molecule has 0 aliphatic rings. The first-order valence-electron chi connectivity index (χ1n) is 7.85. The third-order valence-electron chi connectivity index (χ3n) is 3.80. The van der Waals surface area contributed by atoms with Gasteiger partial charge in [0.1, 0.15) is 5.82 Å². The molecular weight excluding hydrogens is 291 g/mol. The lowest BCUT2D eigenvalue weighted by atomic mass is 10.0. The Labute approximate surface area is 136 Å². The lowest BCUT2D eigenvalue weighted by molar-refractivity contribution is -0.115. The zero-order valence-corrected chi connectivity index (χ0v) is 13.8. The van der Waals surface area contributed by atoms with E-state index in [0.29, 0.717) is 5.92 Å². The van der Waals surface area contributed by atoms with Crippen LogP contribution in [0.15, 0.2) is 48.5 Å². The van der Waals surface area contributed by atoms with Crippen molar-refractivity contribution in [1.29, 1.82) is 0 Å². The Morgan fingerprint density at radius 3 is 2.35 bits per heavy atom. The van der Waals surface area contributed by atoms with Gasteiger partial charge in [0.05, 0.1) is 6.54 Å². The fraction of sp³-hybridized carbons (Fsp3) is 0.316. The minimum atomic E-state index is -0.260. The average Bonchev–Trinajstić information content (AvgIpc) is 2.53. The summed E-state index contributed by atoms with van der Waals surface area (Å²) in [7, 11) is 0. The van der Waals surface area contributed by atoms with Crippen molar-refractivity contribution in [3.8, 4) is 0 Å². The van der Waals surface area contributed by atoms with Crippen molar-refractivity contribution in [3.63, 3.8) is 0 Å². The summed E-state index contributed by atoms with van der Waals surface area (Å²) in [5.74, 6) is -0.00588. The van der Waals surface area contributed by atoms with Crippen molar-refractivity contribution in [1.82, 2.24) is 5.32 Å². The second-order valence-electron chi connectivity index (χ2n) is 5.94. The summed E-state index contributed by atoms with van der Waals surface area (Å²) in [5, 5.41) is 6.10. The predicted octanol–water partition coefficient (Wildman–Crippen LogP) is 4.24. The van der Waals surface area contributed by atoms with Gasteiger partial charge in [0, 0.05) is 11.7 Å². The van der Waals surface area contributed by atoms with E-state index in [2.05, 4.69) is 24.5 Å². The number of hydrogen-bond acceptors (Lipinski definition) is 2. The molecule has 0 heterocycles. The summed E-state index contributed by atoms with van der Waals surface area (Å²) in [6, 6.07) is 14.1.